The van der Waals surface area contributed by atoms with Crippen molar-refractivity contribution in [1.29, 1.82) is 0 Å². The number of rotatable bonds is 9. The maximum atomic E-state index is 12.1. The van der Waals surface area contributed by atoms with E-state index in [9.17, 15) is 8.42 Å². The first kappa shape index (κ1) is 16.1. The Morgan fingerprint density at radius 2 is 2.19 bits per heavy atom. The summed E-state index contributed by atoms with van der Waals surface area (Å²) in [4.78, 5) is 4.84. The third-order valence-corrected chi connectivity index (χ3v) is 5.70. The average molecular weight is 330 g/mol. The molecule has 21 heavy (non-hydrogen) atoms. The van der Waals surface area contributed by atoms with Crippen LogP contribution in [0.25, 0.3) is 0 Å². The molecule has 2 N–H and O–H groups in total. The minimum absolute atomic E-state index is 0.228. The van der Waals surface area contributed by atoms with Crippen molar-refractivity contribution in [1.82, 2.24) is 20.2 Å². The van der Waals surface area contributed by atoms with E-state index in [1.54, 1.807) is 6.07 Å². The Balaban J connectivity index is 1.86. The fourth-order valence-corrected chi connectivity index (χ4v) is 4.06. The van der Waals surface area contributed by atoms with E-state index in [1.807, 2.05) is 6.07 Å². The summed E-state index contributed by atoms with van der Waals surface area (Å²) in [6.45, 7) is 3.93. The Morgan fingerprint density at radius 3 is 2.90 bits per heavy atom. The van der Waals surface area contributed by atoms with Crippen LogP contribution in [-0.4, -0.2) is 31.6 Å². The van der Waals surface area contributed by atoms with Gasteiger partial charge in [0.2, 0.25) is 15.9 Å². The maximum absolute atomic E-state index is 12.1. The van der Waals surface area contributed by atoms with Gasteiger partial charge in [-0.15, -0.1) is 11.3 Å². The molecule has 0 spiro atoms. The van der Waals surface area contributed by atoms with E-state index in [0.29, 0.717) is 23.1 Å². The standard InChI is InChI=1S/C12H18N4O3S2/c1-2-6-13-8-10-3-4-12(20-10)21(17,18)16-7-5-11-14-9-15-19-11/h3-4,9,13,16H,2,5-8H2,1H3. The summed E-state index contributed by atoms with van der Waals surface area (Å²) in [5, 5.41) is 6.71. The van der Waals surface area contributed by atoms with Crippen LogP contribution in [0, 0.1) is 0 Å². The van der Waals surface area contributed by atoms with Crippen LogP contribution in [0.2, 0.25) is 0 Å². The number of sulfonamides is 1. The van der Waals surface area contributed by atoms with Crippen molar-refractivity contribution >= 4 is 21.4 Å². The van der Waals surface area contributed by atoms with Crippen LogP contribution in [0.3, 0.4) is 0 Å². The van der Waals surface area contributed by atoms with E-state index in [0.717, 1.165) is 17.8 Å². The summed E-state index contributed by atoms with van der Waals surface area (Å²) >= 11 is 1.27. The minimum Gasteiger partial charge on any atom is -0.340 e. The number of nitrogens with one attached hydrogen (secondary N) is 2. The van der Waals surface area contributed by atoms with Gasteiger partial charge in [0, 0.05) is 24.4 Å². The second-order valence-corrected chi connectivity index (χ2v) is 7.54. The highest BCUT2D eigenvalue weighted by molar-refractivity contribution is 7.91. The normalized spacial score (nSPS) is 11.9. The molecule has 7 nitrogen and oxygen atoms in total. The first-order valence-electron chi connectivity index (χ1n) is 6.66. The van der Waals surface area contributed by atoms with E-state index >= 15 is 0 Å². The lowest BCUT2D eigenvalue weighted by Gasteiger charge is -2.02. The molecule has 0 aliphatic heterocycles. The lowest BCUT2D eigenvalue weighted by molar-refractivity contribution is 0.377. The summed E-state index contributed by atoms with van der Waals surface area (Å²) in [6.07, 6.45) is 2.71. The van der Waals surface area contributed by atoms with E-state index in [4.69, 9.17) is 4.52 Å². The zero-order valence-corrected chi connectivity index (χ0v) is 13.3. The van der Waals surface area contributed by atoms with Crippen LogP contribution in [0.5, 0.6) is 0 Å². The van der Waals surface area contributed by atoms with Gasteiger partial charge >= 0.3 is 0 Å². The first-order valence-corrected chi connectivity index (χ1v) is 8.96. The SMILES string of the molecule is CCCNCc1ccc(S(=O)(=O)NCCc2ncno2)s1. The molecule has 2 aromatic heterocycles. The van der Waals surface area contributed by atoms with Gasteiger partial charge < -0.3 is 9.84 Å². The van der Waals surface area contributed by atoms with Crippen molar-refractivity contribution < 1.29 is 12.9 Å². The monoisotopic (exact) mass is 330 g/mol. The van der Waals surface area contributed by atoms with Gasteiger partial charge in [-0.1, -0.05) is 12.1 Å². The van der Waals surface area contributed by atoms with Gasteiger partial charge in [0.25, 0.3) is 0 Å². The minimum atomic E-state index is -3.47. The smallest absolute Gasteiger partial charge is 0.250 e. The molecule has 2 heterocycles. The van der Waals surface area contributed by atoms with E-state index in [1.165, 1.54) is 17.7 Å². The molecular weight excluding hydrogens is 312 g/mol. The number of hydrogen-bond donors (Lipinski definition) is 2. The summed E-state index contributed by atoms with van der Waals surface area (Å²) in [6, 6.07) is 3.46. The molecule has 0 radical (unpaired) electrons. The van der Waals surface area contributed by atoms with Gasteiger partial charge in [0.15, 0.2) is 6.33 Å². The highest BCUT2D eigenvalue weighted by Gasteiger charge is 2.16. The third-order valence-electron chi connectivity index (χ3n) is 2.67. The van der Waals surface area contributed by atoms with Crippen LogP contribution < -0.4 is 10.0 Å². The first-order chi connectivity index (χ1) is 10.1. The van der Waals surface area contributed by atoms with Gasteiger partial charge in [-0.2, -0.15) is 4.98 Å². The molecular formula is C12H18N4O3S2. The molecule has 2 aromatic rings. The molecule has 0 aromatic carbocycles. The van der Waals surface area contributed by atoms with Crippen LogP contribution in [0.15, 0.2) is 27.2 Å². The molecule has 0 aliphatic rings. The van der Waals surface area contributed by atoms with Crippen LogP contribution in [0.1, 0.15) is 24.1 Å². The van der Waals surface area contributed by atoms with Gasteiger partial charge in [-0.05, 0) is 25.1 Å². The van der Waals surface area contributed by atoms with Crippen molar-refractivity contribution in [2.24, 2.45) is 0 Å². The summed E-state index contributed by atoms with van der Waals surface area (Å²) in [5.74, 6) is 0.410. The molecule has 0 saturated heterocycles. The lowest BCUT2D eigenvalue weighted by Crippen LogP contribution is -2.25. The Bertz CT molecular complexity index is 637. The second kappa shape index (κ2) is 7.64. The molecule has 116 valence electrons. The zero-order chi connectivity index (χ0) is 15.1. The molecule has 2 rings (SSSR count). The molecule has 0 fully saturated rings. The molecule has 9 heteroatoms. The van der Waals surface area contributed by atoms with E-state index in [2.05, 4.69) is 27.1 Å². The van der Waals surface area contributed by atoms with Gasteiger partial charge in [-0.25, -0.2) is 13.1 Å². The van der Waals surface area contributed by atoms with Crippen molar-refractivity contribution in [3.05, 3.63) is 29.2 Å². The third kappa shape index (κ3) is 4.88. The predicted octanol–water partition coefficient (Wildman–Crippen LogP) is 1.15. The van der Waals surface area contributed by atoms with Crippen molar-refractivity contribution in [2.75, 3.05) is 13.1 Å². The molecule has 0 unspecified atom stereocenters. The maximum Gasteiger partial charge on any atom is 0.250 e. The number of nitrogens with zero attached hydrogens (tertiary/aromatic N) is 2. The Morgan fingerprint density at radius 1 is 1.33 bits per heavy atom. The molecule has 0 aliphatic carbocycles. The molecule has 0 saturated carbocycles. The van der Waals surface area contributed by atoms with Crippen molar-refractivity contribution in [3.8, 4) is 0 Å². The fourth-order valence-electron chi connectivity index (χ4n) is 1.66. The van der Waals surface area contributed by atoms with Gasteiger partial charge in [0.1, 0.15) is 4.21 Å². The highest BCUT2D eigenvalue weighted by atomic mass is 32.2. The number of hydrogen-bond acceptors (Lipinski definition) is 7. The quantitative estimate of drug-likeness (QED) is 0.670. The summed E-state index contributed by atoms with van der Waals surface area (Å²) < 4.78 is 31.9. The predicted molar refractivity (Wildman–Crippen MR) is 79.5 cm³/mol. The number of thiophene rings is 1. The summed E-state index contributed by atoms with van der Waals surface area (Å²) in [7, 11) is -3.47. The lowest BCUT2D eigenvalue weighted by atomic mass is 10.4. The van der Waals surface area contributed by atoms with Gasteiger partial charge in [-0.3, -0.25) is 0 Å². The van der Waals surface area contributed by atoms with Crippen LogP contribution in [-0.2, 0) is 23.0 Å². The zero-order valence-electron chi connectivity index (χ0n) is 11.7. The second-order valence-electron chi connectivity index (χ2n) is 4.38. The molecule has 0 amide bonds. The van der Waals surface area contributed by atoms with Crippen molar-refractivity contribution in [2.45, 2.75) is 30.5 Å². The van der Waals surface area contributed by atoms with E-state index < -0.39 is 10.0 Å². The van der Waals surface area contributed by atoms with Crippen LogP contribution >= 0.6 is 11.3 Å². The summed E-state index contributed by atoms with van der Waals surface area (Å²) in [5.41, 5.74) is 0. The van der Waals surface area contributed by atoms with Gasteiger partial charge in [0.05, 0.1) is 0 Å². The highest BCUT2D eigenvalue weighted by Crippen LogP contribution is 2.21. The van der Waals surface area contributed by atoms with Crippen LogP contribution in [0.4, 0.5) is 0 Å². The fraction of sp³-hybridized carbons (Fsp3) is 0.500. The Labute approximate surface area is 127 Å². The molecule has 0 bridgehead atoms. The topological polar surface area (TPSA) is 97.1 Å². The van der Waals surface area contributed by atoms with Crippen molar-refractivity contribution in [3.63, 3.8) is 0 Å². The largest absolute Gasteiger partial charge is 0.340 e. The Hall–Kier alpha value is -1.29. The average Bonchev–Trinajstić information content (AvgIpc) is 3.10. The Kier molecular flexibility index (Phi) is 5.85. The van der Waals surface area contributed by atoms with E-state index in [-0.39, 0.29) is 6.54 Å². The molecule has 0 atom stereocenters. The number of aromatic nitrogens is 2.